The highest BCUT2D eigenvalue weighted by Crippen LogP contribution is 2.22. The van der Waals surface area contributed by atoms with Crippen molar-refractivity contribution in [1.82, 2.24) is 9.97 Å². The molecule has 0 aromatic carbocycles. The van der Waals surface area contributed by atoms with Crippen molar-refractivity contribution in [2.24, 2.45) is 0 Å². The molecule has 0 spiro atoms. The molecule has 0 bridgehead atoms. The lowest BCUT2D eigenvalue weighted by Gasteiger charge is -2.15. The van der Waals surface area contributed by atoms with Gasteiger partial charge in [0.2, 0.25) is 0 Å². The molecule has 0 fully saturated rings. The Balaban J connectivity index is 2.22. The lowest BCUT2D eigenvalue weighted by Crippen LogP contribution is -2.13. The Labute approximate surface area is 116 Å². The number of anilines is 2. The van der Waals surface area contributed by atoms with Gasteiger partial charge in [0, 0.05) is 18.8 Å². The molecule has 2 N–H and O–H groups in total. The Morgan fingerprint density at radius 2 is 1.95 bits per heavy atom. The lowest BCUT2D eigenvalue weighted by molar-refractivity contribution is 0.576. The minimum absolute atomic E-state index is 0.000466. The molecule has 0 aliphatic rings. The number of aromatic nitrogens is 2. The van der Waals surface area contributed by atoms with E-state index in [9.17, 15) is 8.78 Å². The highest BCUT2D eigenvalue weighted by molar-refractivity contribution is 5.48. The minimum atomic E-state index is -0.730. The topological polar surface area (TPSA) is 49.8 Å². The molecule has 2 aromatic heterocycles. The maximum atomic E-state index is 13.7. The van der Waals surface area contributed by atoms with Gasteiger partial charge in [-0.15, -0.1) is 0 Å². The third-order valence-electron chi connectivity index (χ3n) is 2.76. The van der Waals surface area contributed by atoms with Crippen LogP contribution in [-0.2, 0) is 0 Å². The average Bonchev–Trinajstić information content (AvgIpc) is 2.45. The number of rotatable bonds is 5. The minimum Gasteiger partial charge on any atom is -0.368 e. The van der Waals surface area contributed by atoms with E-state index < -0.39 is 11.6 Å². The van der Waals surface area contributed by atoms with Gasteiger partial charge < -0.3 is 10.6 Å². The van der Waals surface area contributed by atoms with Crippen molar-refractivity contribution in [3.8, 4) is 0 Å². The number of nitrogens with zero attached hydrogens (tertiary/aromatic N) is 2. The van der Waals surface area contributed by atoms with Crippen molar-refractivity contribution in [3.63, 3.8) is 0 Å². The molecule has 0 aliphatic carbocycles. The second-order valence-electron chi connectivity index (χ2n) is 4.30. The third kappa shape index (κ3) is 3.20. The van der Waals surface area contributed by atoms with Crippen LogP contribution in [0.2, 0.25) is 0 Å². The molecule has 6 heteroatoms. The maximum Gasteiger partial charge on any atom is 0.168 e. The van der Waals surface area contributed by atoms with Crippen LogP contribution >= 0.6 is 0 Å². The highest BCUT2D eigenvalue weighted by Gasteiger charge is 2.14. The quantitative estimate of drug-likeness (QED) is 0.880. The van der Waals surface area contributed by atoms with E-state index in [1.165, 1.54) is 0 Å². The van der Waals surface area contributed by atoms with Gasteiger partial charge in [-0.2, -0.15) is 0 Å². The summed E-state index contributed by atoms with van der Waals surface area (Å²) in [7, 11) is 0. The van der Waals surface area contributed by atoms with Gasteiger partial charge in [0.15, 0.2) is 23.3 Å². The predicted octanol–water partition coefficient (Wildman–Crippen LogP) is 3.36. The molecular formula is C14H16F2N4. The summed E-state index contributed by atoms with van der Waals surface area (Å²) in [5.74, 6) is -1.41. The SMILES string of the molecule is CCNc1nc(NC(C)c2ccccn2)c(F)cc1F. The molecule has 20 heavy (non-hydrogen) atoms. The van der Waals surface area contributed by atoms with Crippen molar-refractivity contribution in [3.05, 3.63) is 47.8 Å². The fourth-order valence-electron chi connectivity index (χ4n) is 1.77. The molecule has 0 saturated carbocycles. The van der Waals surface area contributed by atoms with E-state index in [1.54, 1.807) is 12.3 Å². The monoisotopic (exact) mass is 278 g/mol. The molecule has 0 amide bonds. The molecule has 2 rings (SSSR count). The second kappa shape index (κ2) is 6.27. The lowest BCUT2D eigenvalue weighted by atomic mass is 10.2. The van der Waals surface area contributed by atoms with Gasteiger partial charge in [-0.25, -0.2) is 13.8 Å². The van der Waals surface area contributed by atoms with Crippen LogP contribution in [0.4, 0.5) is 20.4 Å². The van der Waals surface area contributed by atoms with Crippen molar-refractivity contribution >= 4 is 11.6 Å². The van der Waals surface area contributed by atoms with E-state index in [1.807, 2.05) is 26.0 Å². The molecule has 4 nitrogen and oxygen atoms in total. The molecule has 106 valence electrons. The summed E-state index contributed by atoms with van der Waals surface area (Å²) in [4.78, 5) is 8.11. The molecule has 2 aromatic rings. The molecule has 0 radical (unpaired) electrons. The molecule has 1 unspecified atom stereocenters. The zero-order chi connectivity index (χ0) is 14.5. The van der Waals surface area contributed by atoms with Crippen molar-refractivity contribution in [1.29, 1.82) is 0 Å². The fourth-order valence-corrected chi connectivity index (χ4v) is 1.77. The van der Waals surface area contributed by atoms with E-state index in [-0.39, 0.29) is 17.7 Å². The van der Waals surface area contributed by atoms with E-state index in [0.717, 1.165) is 11.8 Å². The zero-order valence-corrected chi connectivity index (χ0v) is 11.3. The van der Waals surface area contributed by atoms with E-state index in [2.05, 4.69) is 20.6 Å². The Morgan fingerprint density at radius 3 is 2.60 bits per heavy atom. The standard InChI is InChI=1S/C14H16F2N4/c1-3-17-13-10(15)8-11(16)14(20-13)19-9(2)12-6-4-5-7-18-12/h4-9H,3H2,1-2H3,(H2,17,19,20). The van der Waals surface area contributed by atoms with Gasteiger partial charge in [-0.05, 0) is 26.0 Å². The first-order valence-electron chi connectivity index (χ1n) is 6.39. The summed E-state index contributed by atoms with van der Waals surface area (Å²) in [6.07, 6.45) is 1.66. The van der Waals surface area contributed by atoms with Crippen molar-refractivity contribution < 1.29 is 8.78 Å². The molecular weight excluding hydrogens is 262 g/mol. The van der Waals surface area contributed by atoms with Crippen LogP contribution in [0.3, 0.4) is 0 Å². The number of hydrogen-bond acceptors (Lipinski definition) is 4. The summed E-state index contributed by atoms with van der Waals surface area (Å²) in [5, 5.41) is 5.65. The summed E-state index contributed by atoms with van der Waals surface area (Å²) in [6, 6.07) is 6.05. The molecule has 1 atom stereocenters. The van der Waals surface area contributed by atoms with Gasteiger partial charge in [0.25, 0.3) is 0 Å². The van der Waals surface area contributed by atoms with Crippen LogP contribution < -0.4 is 10.6 Å². The Bertz CT molecular complexity index is 575. The largest absolute Gasteiger partial charge is 0.368 e. The van der Waals surface area contributed by atoms with Gasteiger partial charge in [-0.3, -0.25) is 4.98 Å². The Morgan fingerprint density at radius 1 is 1.20 bits per heavy atom. The van der Waals surface area contributed by atoms with Crippen LogP contribution in [0.1, 0.15) is 25.6 Å². The first-order valence-corrected chi connectivity index (χ1v) is 6.39. The number of pyridine rings is 2. The zero-order valence-electron chi connectivity index (χ0n) is 11.3. The predicted molar refractivity (Wildman–Crippen MR) is 74.6 cm³/mol. The van der Waals surface area contributed by atoms with Crippen LogP contribution in [0.15, 0.2) is 30.5 Å². The van der Waals surface area contributed by atoms with Gasteiger partial charge >= 0.3 is 0 Å². The normalized spacial score (nSPS) is 12.0. The van der Waals surface area contributed by atoms with Crippen LogP contribution in [0.25, 0.3) is 0 Å². The van der Waals surface area contributed by atoms with Crippen LogP contribution in [0, 0.1) is 11.6 Å². The molecule has 0 aliphatic heterocycles. The number of hydrogen-bond donors (Lipinski definition) is 2. The summed E-state index contributed by atoms with van der Waals surface area (Å²) in [6.45, 7) is 4.15. The maximum absolute atomic E-state index is 13.7. The fraction of sp³-hybridized carbons (Fsp3) is 0.286. The number of halogens is 2. The van der Waals surface area contributed by atoms with E-state index >= 15 is 0 Å². The Hall–Kier alpha value is -2.24. The van der Waals surface area contributed by atoms with Gasteiger partial charge in [0.05, 0.1) is 11.7 Å². The third-order valence-corrected chi connectivity index (χ3v) is 2.76. The first kappa shape index (κ1) is 14.2. The summed E-state index contributed by atoms with van der Waals surface area (Å²) in [5.41, 5.74) is 0.753. The van der Waals surface area contributed by atoms with Gasteiger partial charge in [-0.1, -0.05) is 6.07 Å². The molecule has 0 saturated heterocycles. The van der Waals surface area contributed by atoms with E-state index in [4.69, 9.17) is 0 Å². The van der Waals surface area contributed by atoms with Crippen LogP contribution in [-0.4, -0.2) is 16.5 Å². The average molecular weight is 278 g/mol. The van der Waals surface area contributed by atoms with E-state index in [0.29, 0.717) is 6.54 Å². The van der Waals surface area contributed by atoms with Crippen molar-refractivity contribution in [2.75, 3.05) is 17.2 Å². The summed E-state index contributed by atoms with van der Waals surface area (Å²) >= 11 is 0. The number of nitrogens with one attached hydrogen (secondary N) is 2. The summed E-state index contributed by atoms with van der Waals surface area (Å²) < 4.78 is 27.2. The smallest absolute Gasteiger partial charge is 0.168 e. The second-order valence-corrected chi connectivity index (χ2v) is 4.30. The highest BCUT2D eigenvalue weighted by atomic mass is 19.1. The van der Waals surface area contributed by atoms with Crippen molar-refractivity contribution in [2.45, 2.75) is 19.9 Å². The van der Waals surface area contributed by atoms with Crippen LogP contribution in [0.5, 0.6) is 0 Å². The molecule has 2 heterocycles. The van der Waals surface area contributed by atoms with Gasteiger partial charge in [0.1, 0.15) is 0 Å². The first-order chi connectivity index (χ1) is 9.61. The Kier molecular flexibility index (Phi) is 4.45.